The molecule has 0 aromatic heterocycles. The molecule has 20 heavy (non-hydrogen) atoms. The Morgan fingerprint density at radius 2 is 1.50 bits per heavy atom. The lowest BCUT2D eigenvalue weighted by molar-refractivity contribution is -0.109. The molecule has 0 aliphatic rings. The lowest BCUT2D eigenvalue weighted by atomic mass is 10.1. The fourth-order valence-corrected chi connectivity index (χ4v) is 2.26. The van der Waals surface area contributed by atoms with Gasteiger partial charge < -0.3 is 10.1 Å². The summed E-state index contributed by atoms with van der Waals surface area (Å²) in [4.78, 5) is 11.1. The van der Waals surface area contributed by atoms with Crippen molar-refractivity contribution in [3.05, 3.63) is 71.8 Å². The summed E-state index contributed by atoms with van der Waals surface area (Å²) in [6, 6.07) is 20.5. The van der Waals surface area contributed by atoms with Crippen LogP contribution in [0.25, 0.3) is 0 Å². The fourth-order valence-electron chi connectivity index (χ4n) is 2.26. The van der Waals surface area contributed by atoms with E-state index in [0.717, 1.165) is 32.1 Å². The number of carbonyl (C=O) groups is 1. The van der Waals surface area contributed by atoms with Crippen LogP contribution >= 0.6 is 0 Å². The predicted molar refractivity (Wildman–Crippen MR) is 82.8 cm³/mol. The van der Waals surface area contributed by atoms with Gasteiger partial charge in [0.2, 0.25) is 0 Å². The normalized spacial score (nSPS) is 12.0. The van der Waals surface area contributed by atoms with Crippen LogP contribution in [0.4, 0.5) is 0 Å². The second-order valence-electron chi connectivity index (χ2n) is 4.98. The minimum absolute atomic E-state index is 0.0897. The second-order valence-corrected chi connectivity index (χ2v) is 4.98. The maximum absolute atomic E-state index is 11.1. The lowest BCUT2D eigenvalue weighted by Gasteiger charge is -2.12. The van der Waals surface area contributed by atoms with Crippen LogP contribution in [0.1, 0.15) is 17.5 Å². The third kappa shape index (κ3) is 4.98. The standard InChI is InChI=1S/C18H21NO/c20-15-18(14-17-10-5-2-6-11-17)19-13-7-12-16-8-3-1-4-9-16/h1-6,8-11,15,18-19H,7,12-14H2. The highest BCUT2D eigenvalue weighted by Gasteiger charge is 2.06. The van der Waals surface area contributed by atoms with E-state index in [9.17, 15) is 4.79 Å². The van der Waals surface area contributed by atoms with E-state index in [0.29, 0.717) is 0 Å². The summed E-state index contributed by atoms with van der Waals surface area (Å²) < 4.78 is 0. The molecule has 1 N–H and O–H groups in total. The highest BCUT2D eigenvalue weighted by molar-refractivity contribution is 5.58. The molecule has 2 aromatic carbocycles. The monoisotopic (exact) mass is 267 g/mol. The molecule has 0 fully saturated rings. The van der Waals surface area contributed by atoms with Crippen LogP contribution in [0.15, 0.2) is 60.7 Å². The van der Waals surface area contributed by atoms with Crippen molar-refractivity contribution >= 4 is 6.29 Å². The number of nitrogens with one attached hydrogen (secondary N) is 1. The molecule has 0 saturated carbocycles. The van der Waals surface area contributed by atoms with Crippen LogP contribution in [-0.2, 0) is 17.6 Å². The van der Waals surface area contributed by atoms with Crippen LogP contribution in [0.2, 0.25) is 0 Å². The van der Waals surface area contributed by atoms with E-state index in [1.54, 1.807) is 0 Å². The molecule has 0 aliphatic heterocycles. The number of hydrogen-bond donors (Lipinski definition) is 1. The minimum Gasteiger partial charge on any atom is -0.307 e. The van der Waals surface area contributed by atoms with Crippen LogP contribution < -0.4 is 5.32 Å². The summed E-state index contributed by atoms with van der Waals surface area (Å²) in [5.74, 6) is 0. The topological polar surface area (TPSA) is 29.1 Å². The Balaban J connectivity index is 1.70. The molecule has 0 aliphatic carbocycles. The first-order valence-electron chi connectivity index (χ1n) is 7.15. The number of benzene rings is 2. The van der Waals surface area contributed by atoms with Crippen molar-refractivity contribution in [2.24, 2.45) is 0 Å². The third-order valence-electron chi connectivity index (χ3n) is 3.35. The molecule has 2 nitrogen and oxygen atoms in total. The Bertz CT molecular complexity index is 495. The fraction of sp³-hybridized carbons (Fsp3) is 0.278. The molecule has 0 saturated heterocycles. The van der Waals surface area contributed by atoms with Gasteiger partial charge in [0, 0.05) is 0 Å². The number of rotatable bonds is 8. The van der Waals surface area contributed by atoms with E-state index in [1.165, 1.54) is 11.1 Å². The van der Waals surface area contributed by atoms with E-state index in [-0.39, 0.29) is 6.04 Å². The maximum Gasteiger partial charge on any atom is 0.137 e. The Kier molecular flexibility index (Phi) is 6.00. The van der Waals surface area contributed by atoms with Gasteiger partial charge in [0.1, 0.15) is 6.29 Å². The van der Waals surface area contributed by atoms with Gasteiger partial charge in [-0.1, -0.05) is 60.7 Å². The Labute approximate surface area is 120 Å². The molecule has 1 unspecified atom stereocenters. The molecule has 0 bridgehead atoms. The molecule has 2 rings (SSSR count). The Morgan fingerprint density at radius 1 is 0.900 bits per heavy atom. The van der Waals surface area contributed by atoms with Crippen molar-refractivity contribution in [1.82, 2.24) is 5.32 Å². The van der Waals surface area contributed by atoms with E-state index < -0.39 is 0 Å². The zero-order valence-electron chi connectivity index (χ0n) is 11.7. The Hall–Kier alpha value is -1.93. The van der Waals surface area contributed by atoms with Crippen molar-refractivity contribution in [3.63, 3.8) is 0 Å². The summed E-state index contributed by atoms with van der Waals surface area (Å²) in [5, 5.41) is 3.32. The van der Waals surface area contributed by atoms with Crippen LogP contribution in [0.5, 0.6) is 0 Å². The van der Waals surface area contributed by atoms with Crippen molar-refractivity contribution in [2.45, 2.75) is 25.3 Å². The van der Waals surface area contributed by atoms with Gasteiger partial charge in [-0.05, 0) is 36.9 Å². The van der Waals surface area contributed by atoms with Gasteiger partial charge in [-0.3, -0.25) is 0 Å². The van der Waals surface area contributed by atoms with Crippen LogP contribution in [0, 0.1) is 0 Å². The van der Waals surface area contributed by atoms with Gasteiger partial charge in [0.05, 0.1) is 6.04 Å². The Morgan fingerprint density at radius 3 is 2.10 bits per heavy atom. The molecule has 0 heterocycles. The van der Waals surface area contributed by atoms with Gasteiger partial charge in [0.25, 0.3) is 0 Å². The van der Waals surface area contributed by atoms with E-state index in [1.807, 2.05) is 24.3 Å². The molecular formula is C18H21NO. The quantitative estimate of drug-likeness (QED) is 0.588. The van der Waals surface area contributed by atoms with Crippen molar-refractivity contribution < 1.29 is 4.79 Å². The number of hydrogen-bond acceptors (Lipinski definition) is 2. The SMILES string of the molecule is O=CC(Cc1ccccc1)NCCCc1ccccc1. The molecule has 0 spiro atoms. The summed E-state index contributed by atoms with van der Waals surface area (Å²) in [7, 11) is 0. The summed E-state index contributed by atoms with van der Waals surface area (Å²) in [6.07, 6.45) is 3.86. The number of aryl methyl sites for hydroxylation is 1. The van der Waals surface area contributed by atoms with Gasteiger partial charge in [-0.2, -0.15) is 0 Å². The zero-order valence-corrected chi connectivity index (χ0v) is 11.7. The molecule has 1 atom stereocenters. The predicted octanol–water partition coefficient (Wildman–Crippen LogP) is 3.02. The van der Waals surface area contributed by atoms with Crippen molar-refractivity contribution in [3.8, 4) is 0 Å². The largest absolute Gasteiger partial charge is 0.307 e. The second kappa shape index (κ2) is 8.28. The molecule has 2 aromatic rings. The maximum atomic E-state index is 11.1. The van der Waals surface area contributed by atoms with Crippen molar-refractivity contribution in [2.75, 3.05) is 6.54 Å². The van der Waals surface area contributed by atoms with Crippen LogP contribution in [0.3, 0.4) is 0 Å². The summed E-state index contributed by atoms with van der Waals surface area (Å²) in [6.45, 7) is 0.866. The van der Waals surface area contributed by atoms with Gasteiger partial charge >= 0.3 is 0 Å². The van der Waals surface area contributed by atoms with Crippen molar-refractivity contribution in [1.29, 1.82) is 0 Å². The van der Waals surface area contributed by atoms with Crippen LogP contribution in [-0.4, -0.2) is 18.9 Å². The molecule has 2 heteroatoms. The minimum atomic E-state index is -0.0897. The molecular weight excluding hydrogens is 246 g/mol. The summed E-state index contributed by atoms with van der Waals surface area (Å²) >= 11 is 0. The average molecular weight is 267 g/mol. The van der Waals surface area contributed by atoms with Gasteiger partial charge in [-0.25, -0.2) is 0 Å². The first kappa shape index (κ1) is 14.5. The molecule has 0 radical (unpaired) electrons. The number of carbonyl (C=O) groups excluding carboxylic acids is 1. The molecule has 104 valence electrons. The van der Waals surface area contributed by atoms with E-state index in [4.69, 9.17) is 0 Å². The zero-order chi connectivity index (χ0) is 14.0. The number of aldehydes is 1. The van der Waals surface area contributed by atoms with E-state index in [2.05, 4.69) is 41.7 Å². The highest BCUT2D eigenvalue weighted by atomic mass is 16.1. The molecule has 0 amide bonds. The first-order valence-corrected chi connectivity index (χ1v) is 7.15. The average Bonchev–Trinajstić information content (AvgIpc) is 2.52. The third-order valence-corrected chi connectivity index (χ3v) is 3.35. The van der Waals surface area contributed by atoms with E-state index >= 15 is 0 Å². The smallest absolute Gasteiger partial charge is 0.137 e. The van der Waals surface area contributed by atoms with Gasteiger partial charge in [0.15, 0.2) is 0 Å². The van der Waals surface area contributed by atoms with Gasteiger partial charge in [-0.15, -0.1) is 0 Å². The summed E-state index contributed by atoms with van der Waals surface area (Å²) in [5.41, 5.74) is 2.54. The lowest BCUT2D eigenvalue weighted by Crippen LogP contribution is -2.33. The highest BCUT2D eigenvalue weighted by Crippen LogP contribution is 2.04. The first-order chi connectivity index (χ1) is 9.88.